The predicted molar refractivity (Wildman–Crippen MR) is 127 cm³/mol. The van der Waals surface area contributed by atoms with Gasteiger partial charge in [0.05, 0.1) is 26.4 Å². The van der Waals surface area contributed by atoms with E-state index in [9.17, 15) is 4.79 Å². The molecular weight excluding hydrogens is 432 g/mol. The van der Waals surface area contributed by atoms with Gasteiger partial charge in [0.2, 0.25) is 0 Å². The molecule has 0 spiro atoms. The van der Waals surface area contributed by atoms with Crippen molar-refractivity contribution < 1.29 is 28.5 Å². The van der Waals surface area contributed by atoms with E-state index < -0.39 is 30.6 Å². The molecule has 34 heavy (non-hydrogen) atoms. The lowest BCUT2D eigenvalue weighted by atomic mass is 10.0. The fraction of sp³-hybridized carbons (Fsp3) is 0.321. The first-order valence-electron chi connectivity index (χ1n) is 11.4. The Balaban J connectivity index is 1.50. The standard InChI is InChI=1S/C28H30O6/c1-21(29)34-26-25(30-17-22-11-5-2-6-12-22)20-33-28(32-19-24-15-9-4-10-16-24)27(26)31-18-23-13-7-3-8-14-23/h2-16,25-28H,17-20H2,1H3/t25-,26+,27-,28-/m1/s1. The molecule has 0 aromatic heterocycles. The molecule has 0 saturated carbocycles. The van der Waals surface area contributed by atoms with Crippen LogP contribution in [0.15, 0.2) is 91.0 Å². The molecule has 0 aliphatic carbocycles. The minimum absolute atomic E-state index is 0.218. The van der Waals surface area contributed by atoms with Crippen LogP contribution in [0.4, 0.5) is 0 Å². The van der Waals surface area contributed by atoms with Gasteiger partial charge in [-0.05, 0) is 16.7 Å². The van der Waals surface area contributed by atoms with E-state index in [2.05, 4.69) is 0 Å². The molecule has 1 aliphatic heterocycles. The van der Waals surface area contributed by atoms with Gasteiger partial charge in [0.15, 0.2) is 12.4 Å². The third kappa shape index (κ3) is 6.98. The van der Waals surface area contributed by atoms with Gasteiger partial charge >= 0.3 is 5.97 Å². The first-order valence-corrected chi connectivity index (χ1v) is 11.4. The number of benzene rings is 3. The van der Waals surface area contributed by atoms with Gasteiger partial charge in [-0.3, -0.25) is 4.79 Å². The van der Waals surface area contributed by atoms with Crippen molar-refractivity contribution in [1.82, 2.24) is 0 Å². The van der Waals surface area contributed by atoms with Gasteiger partial charge in [0, 0.05) is 6.92 Å². The number of carbonyl (C=O) groups excluding carboxylic acids is 1. The molecule has 0 unspecified atom stereocenters. The van der Waals surface area contributed by atoms with Crippen LogP contribution in [-0.2, 0) is 48.3 Å². The fourth-order valence-corrected chi connectivity index (χ4v) is 3.84. The molecule has 1 heterocycles. The van der Waals surface area contributed by atoms with Crippen molar-refractivity contribution in [3.8, 4) is 0 Å². The van der Waals surface area contributed by atoms with Crippen LogP contribution >= 0.6 is 0 Å². The maximum Gasteiger partial charge on any atom is 0.303 e. The number of rotatable bonds is 10. The van der Waals surface area contributed by atoms with Crippen LogP contribution in [0.5, 0.6) is 0 Å². The van der Waals surface area contributed by atoms with E-state index in [4.69, 9.17) is 23.7 Å². The lowest BCUT2D eigenvalue weighted by Crippen LogP contribution is -2.57. The van der Waals surface area contributed by atoms with Crippen LogP contribution in [-0.4, -0.2) is 37.2 Å². The summed E-state index contributed by atoms with van der Waals surface area (Å²) in [6.07, 6.45) is -2.56. The Morgan fingerprint density at radius 1 is 0.706 bits per heavy atom. The monoisotopic (exact) mass is 462 g/mol. The number of carbonyl (C=O) groups is 1. The average molecular weight is 463 g/mol. The Labute approximate surface area is 200 Å². The summed E-state index contributed by atoms with van der Waals surface area (Å²) in [5.41, 5.74) is 3.03. The molecule has 3 aromatic carbocycles. The molecule has 1 saturated heterocycles. The zero-order valence-electron chi connectivity index (χ0n) is 19.2. The van der Waals surface area contributed by atoms with Crippen LogP contribution in [0.3, 0.4) is 0 Å². The SMILES string of the molecule is CC(=O)O[C@@H]1[C@@H](OCc2ccccc2)[C@H](OCc2ccccc2)OC[C@H]1OCc1ccccc1. The van der Waals surface area contributed by atoms with Crippen molar-refractivity contribution >= 4 is 5.97 Å². The molecule has 1 fully saturated rings. The minimum atomic E-state index is -0.718. The van der Waals surface area contributed by atoms with E-state index in [1.165, 1.54) is 6.92 Å². The zero-order chi connectivity index (χ0) is 23.6. The molecule has 4 rings (SSSR count). The van der Waals surface area contributed by atoms with Crippen molar-refractivity contribution in [2.24, 2.45) is 0 Å². The van der Waals surface area contributed by atoms with Crippen molar-refractivity contribution in [2.75, 3.05) is 6.61 Å². The molecule has 0 bridgehead atoms. The maximum absolute atomic E-state index is 12.0. The van der Waals surface area contributed by atoms with Gasteiger partial charge < -0.3 is 23.7 Å². The minimum Gasteiger partial charge on any atom is -0.457 e. The highest BCUT2D eigenvalue weighted by atomic mass is 16.7. The Morgan fingerprint density at radius 3 is 1.68 bits per heavy atom. The summed E-state index contributed by atoms with van der Waals surface area (Å²) < 4.78 is 30.3. The van der Waals surface area contributed by atoms with Gasteiger partial charge in [0.1, 0.15) is 12.2 Å². The highest BCUT2D eigenvalue weighted by Crippen LogP contribution is 2.27. The summed E-state index contributed by atoms with van der Waals surface area (Å²) in [5.74, 6) is -0.407. The van der Waals surface area contributed by atoms with Crippen molar-refractivity contribution in [1.29, 1.82) is 0 Å². The highest BCUT2D eigenvalue weighted by molar-refractivity contribution is 5.66. The molecule has 1 aliphatic rings. The van der Waals surface area contributed by atoms with Crippen LogP contribution in [0, 0.1) is 0 Å². The third-order valence-electron chi connectivity index (χ3n) is 5.53. The Kier molecular flexibility index (Phi) is 8.82. The highest BCUT2D eigenvalue weighted by Gasteiger charge is 2.45. The van der Waals surface area contributed by atoms with Crippen molar-refractivity contribution in [3.05, 3.63) is 108 Å². The van der Waals surface area contributed by atoms with Gasteiger partial charge in [-0.1, -0.05) is 91.0 Å². The van der Waals surface area contributed by atoms with Crippen LogP contribution in [0.1, 0.15) is 23.6 Å². The van der Waals surface area contributed by atoms with Gasteiger partial charge in [-0.2, -0.15) is 0 Å². The van der Waals surface area contributed by atoms with Crippen molar-refractivity contribution in [3.63, 3.8) is 0 Å². The van der Waals surface area contributed by atoms with Gasteiger partial charge in [-0.25, -0.2) is 0 Å². The number of ether oxygens (including phenoxy) is 5. The van der Waals surface area contributed by atoms with E-state index in [0.717, 1.165) is 16.7 Å². The van der Waals surface area contributed by atoms with E-state index in [1.54, 1.807) is 0 Å². The van der Waals surface area contributed by atoms with Crippen molar-refractivity contribution in [2.45, 2.75) is 51.3 Å². The molecule has 0 amide bonds. The normalized spacial score (nSPS) is 22.3. The molecule has 6 heteroatoms. The quantitative estimate of drug-likeness (QED) is 0.409. The Bertz CT molecular complexity index is 995. The number of hydrogen-bond acceptors (Lipinski definition) is 6. The summed E-state index contributed by atoms with van der Waals surface area (Å²) >= 11 is 0. The molecular formula is C28H30O6. The molecule has 0 N–H and O–H groups in total. The second-order valence-corrected chi connectivity index (χ2v) is 8.17. The van der Waals surface area contributed by atoms with E-state index in [0.29, 0.717) is 19.8 Å². The van der Waals surface area contributed by atoms with E-state index >= 15 is 0 Å². The molecule has 6 nitrogen and oxygen atoms in total. The summed E-state index contributed by atoms with van der Waals surface area (Å²) in [6.45, 7) is 2.64. The van der Waals surface area contributed by atoms with Crippen LogP contribution in [0.2, 0.25) is 0 Å². The van der Waals surface area contributed by atoms with Crippen LogP contribution in [0.25, 0.3) is 0 Å². The largest absolute Gasteiger partial charge is 0.457 e. The zero-order valence-corrected chi connectivity index (χ0v) is 19.2. The second-order valence-electron chi connectivity index (χ2n) is 8.17. The topological polar surface area (TPSA) is 63.2 Å². The molecule has 4 atom stereocenters. The van der Waals surface area contributed by atoms with E-state index in [-0.39, 0.29) is 6.61 Å². The average Bonchev–Trinajstić information content (AvgIpc) is 2.87. The lowest BCUT2D eigenvalue weighted by Gasteiger charge is -2.41. The number of esters is 1. The predicted octanol–water partition coefficient (Wildman–Crippen LogP) is 4.66. The Morgan fingerprint density at radius 2 is 1.18 bits per heavy atom. The second kappa shape index (κ2) is 12.4. The lowest BCUT2D eigenvalue weighted by molar-refractivity contribution is -0.296. The summed E-state index contributed by atoms with van der Waals surface area (Å²) in [4.78, 5) is 12.0. The molecule has 0 radical (unpaired) electrons. The van der Waals surface area contributed by atoms with E-state index in [1.807, 2.05) is 91.0 Å². The first-order chi connectivity index (χ1) is 16.7. The summed E-state index contributed by atoms with van der Waals surface area (Å²) in [6, 6.07) is 29.5. The number of hydrogen-bond donors (Lipinski definition) is 0. The molecule has 3 aromatic rings. The Hall–Kier alpha value is -3.03. The van der Waals surface area contributed by atoms with Gasteiger partial charge in [-0.15, -0.1) is 0 Å². The van der Waals surface area contributed by atoms with Crippen LogP contribution < -0.4 is 0 Å². The smallest absolute Gasteiger partial charge is 0.303 e. The molecule has 178 valence electrons. The van der Waals surface area contributed by atoms with Gasteiger partial charge in [0.25, 0.3) is 0 Å². The fourth-order valence-electron chi connectivity index (χ4n) is 3.84. The maximum atomic E-state index is 12.0. The first kappa shape index (κ1) is 24.1. The summed E-state index contributed by atoms with van der Waals surface area (Å²) in [7, 11) is 0. The third-order valence-corrected chi connectivity index (χ3v) is 5.53. The summed E-state index contributed by atoms with van der Waals surface area (Å²) in [5, 5.41) is 0.